The molecule has 0 bridgehead atoms. The van der Waals surface area contributed by atoms with E-state index in [0.29, 0.717) is 12.6 Å². The van der Waals surface area contributed by atoms with Gasteiger partial charge in [-0.2, -0.15) is 0 Å². The topological polar surface area (TPSA) is 26.8 Å². The van der Waals surface area contributed by atoms with Crippen molar-refractivity contribution in [1.29, 1.82) is 0 Å². The first-order valence-corrected chi connectivity index (χ1v) is 5.13. The van der Waals surface area contributed by atoms with Crippen molar-refractivity contribution in [3.63, 3.8) is 0 Å². The van der Waals surface area contributed by atoms with Gasteiger partial charge in [0.1, 0.15) is 0 Å². The molecule has 0 saturated carbocycles. The summed E-state index contributed by atoms with van der Waals surface area (Å²) in [6.45, 7) is 5.48. The quantitative estimate of drug-likeness (QED) is 0.611. The molecule has 0 aromatic carbocycles. The van der Waals surface area contributed by atoms with E-state index in [1.54, 1.807) is 0 Å². The van der Waals surface area contributed by atoms with E-state index in [4.69, 9.17) is 0 Å². The molecule has 0 aliphatic carbocycles. The molecule has 4 nitrogen and oxygen atoms in total. The Kier molecular flexibility index (Phi) is 3.89. The van der Waals surface area contributed by atoms with Crippen LogP contribution in [0.25, 0.3) is 0 Å². The molecule has 0 aromatic heterocycles. The van der Waals surface area contributed by atoms with Crippen LogP contribution in [0.2, 0.25) is 0 Å². The molecule has 1 atom stereocenters. The van der Waals surface area contributed by atoms with Gasteiger partial charge in [-0.3, -0.25) is 4.79 Å². The number of piperazine rings is 1. The lowest BCUT2D eigenvalue weighted by Gasteiger charge is -2.38. The molecule has 1 unspecified atom stereocenters. The van der Waals surface area contributed by atoms with Crippen molar-refractivity contribution in [3.8, 4) is 0 Å². The molecule has 4 heteroatoms. The van der Waals surface area contributed by atoms with Gasteiger partial charge in [-0.1, -0.05) is 0 Å². The largest absolute Gasteiger partial charge is 0.336 e. The molecule has 1 amide bonds. The molecule has 14 heavy (non-hydrogen) atoms. The third-order valence-electron chi connectivity index (χ3n) is 2.60. The van der Waals surface area contributed by atoms with Crippen LogP contribution in [0, 0.1) is 0 Å². The van der Waals surface area contributed by atoms with Gasteiger partial charge in [-0.15, -0.1) is 0 Å². The number of likely N-dealkylation sites (N-methyl/N-ethyl adjacent to an activating group) is 2. The van der Waals surface area contributed by atoms with E-state index in [9.17, 15) is 4.79 Å². The predicted molar refractivity (Wildman–Crippen MR) is 57.2 cm³/mol. The first kappa shape index (κ1) is 11.5. The van der Waals surface area contributed by atoms with Crippen LogP contribution in [0.15, 0.2) is 0 Å². The number of nitrogens with zero attached hydrogens (tertiary/aromatic N) is 3. The minimum atomic E-state index is 0.246. The number of carbonyl (C=O) groups is 1. The summed E-state index contributed by atoms with van der Waals surface area (Å²) >= 11 is 0. The van der Waals surface area contributed by atoms with Gasteiger partial charge in [-0.05, 0) is 28.1 Å². The second-order valence-corrected chi connectivity index (χ2v) is 4.44. The van der Waals surface area contributed by atoms with Crippen LogP contribution in [-0.4, -0.2) is 74.0 Å². The highest BCUT2D eigenvalue weighted by atomic mass is 16.2. The summed E-state index contributed by atoms with van der Waals surface area (Å²) in [4.78, 5) is 18.0. The second-order valence-electron chi connectivity index (χ2n) is 4.44. The fourth-order valence-corrected chi connectivity index (χ4v) is 1.87. The van der Waals surface area contributed by atoms with Crippen LogP contribution >= 0.6 is 0 Å². The Hall–Kier alpha value is -0.610. The summed E-state index contributed by atoms with van der Waals surface area (Å²) in [7, 11) is 5.96. The normalized spacial score (nSPS) is 24.4. The Labute approximate surface area is 86.5 Å². The van der Waals surface area contributed by atoms with Crippen molar-refractivity contribution < 1.29 is 4.79 Å². The maximum Gasteiger partial charge on any atom is 0.237 e. The average Bonchev–Trinajstić information content (AvgIpc) is 2.01. The van der Waals surface area contributed by atoms with Crippen LogP contribution in [0.3, 0.4) is 0 Å². The highest BCUT2D eigenvalue weighted by Crippen LogP contribution is 2.07. The minimum Gasteiger partial charge on any atom is -0.336 e. The third-order valence-corrected chi connectivity index (χ3v) is 2.60. The van der Waals surface area contributed by atoms with E-state index in [1.165, 1.54) is 0 Å². The molecule has 1 rings (SSSR count). The van der Waals surface area contributed by atoms with E-state index in [2.05, 4.69) is 18.9 Å². The molecule has 82 valence electrons. The van der Waals surface area contributed by atoms with Gasteiger partial charge >= 0.3 is 0 Å². The SMILES string of the molecule is CC1CN(C)CCN1C(=O)CN(C)C. The van der Waals surface area contributed by atoms with Crippen molar-refractivity contribution in [1.82, 2.24) is 14.7 Å². The van der Waals surface area contributed by atoms with Crippen molar-refractivity contribution in [2.45, 2.75) is 13.0 Å². The second kappa shape index (κ2) is 4.75. The molecule has 0 spiro atoms. The summed E-state index contributed by atoms with van der Waals surface area (Å²) in [5, 5.41) is 0. The molecule has 1 aliphatic rings. The lowest BCUT2D eigenvalue weighted by molar-refractivity contribution is -0.136. The van der Waals surface area contributed by atoms with E-state index in [0.717, 1.165) is 19.6 Å². The fraction of sp³-hybridized carbons (Fsp3) is 0.900. The van der Waals surface area contributed by atoms with Crippen molar-refractivity contribution in [2.24, 2.45) is 0 Å². The molecular weight excluding hydrogens is 178 g/mol. The predicted octanol–water partition coefficient (Wildman–Crippen LogP) is -0.289. The molecule has 0 radical (unpaired) electrons. The first-order valence-electron chi connectivity index (χ1n) is 5.13. The molecule has 0 aromatic rings. The van der Waals surface area contributed by atoms with Gasteiger partial charge in [-0.25, -0.2) is 0 Å². The summed E-state index contributed by atoms with van der Waals surface area (Å²) in [6, 6.07) is 0.348. The Morgan fingerprint density at radius 1 is 1.43 bits per heavy atom. The summed E-state index contributed by atoms with van der Waals surface area (Å²) in [6.07, 6.45) is 0. The minimum absolute atomic E-state index is 0.246. The van der Waals surface area contributed by atoms with Crippen LogP contribution in [0.4, 0.5) is 0 Å². The molecule has 1 aliphatic heterocycles. The van der Waals surface area contributed by atoms with E-state index in [1.807, 2.05) is 23.9 Å². The molecule has 0 N–H and O–H groups in total. The number of amides is 1. The average molecular weight is 199 g/mol. The fourth-order valence-electron chi connectivity index (χ4n) is 1.87. The van der Waals surface area contributed by atoms with Gasteiger partial charge in [0.2, 0.25) is 5.91 Å². The Bertz CT molecular complexity index is 206. The number of carbonyl (C=O) groups excluding carboxylic acids is 1. The van der Waals surface area contributed by atoms with Crippen molar-refractivity contribution in [3.05, 3.63) is 0 Å². The third kappa shape index (κ3) is 2.96. The molecule has 1 fully saturated rings. The molecule has 1 heterocycles. The van der Waals surface area contributed by atoms with Gasteiger partial charge in [0.25, 0.3) is 0 Å². The van der Waals surface area contributed by atoms with Crippen LogP contribution < -0.4 is 0 Å². The highest BCUT2D eigenvalue weighted by Gasteiger charge is 2.25. The summed E-state index contributed by atoms with van der Waals surface area (Å²) in [5.41, 5.74) is 0. The zero-order chi connectivity index (χ0) is 10.7. The molecular formula is C10H21N3O. The maximum atomic E-state index is 11.8. The maximum absolute atomic E-state index is 11.8. The number of hydrogen-bond donors (Lipinski definition) is 0. The van der Waals surface area contributed by atoms with Crippen molar-refractivity contribution in [2.75, 3.05) is 47.3 Å². The van der Waals surface area contributed by atoms with Gasteiger partial charge < -0.3 is 14.7 Å². The zero-order valence-electron chi connectivity index (χ0n) is 9.66. The Balaban J connectivity index is 2.47. The summed E-state index contributed by atoms with van der Waals surface area (Å²) < 4.78 is 0. The van der Waals surface area contributed by atoms with Crippen LogP contribution in [0.1, 0.15) is 6.92 Å². The smallest absolute Gasteiger partial charge is 0.237 e. The number of hydrogen-bond acceptors (Lipinski definition) is 3. The van der Waals surface area contributed by atoms with Crippen LogP contribution in [0.5, 0.6) is 0 Å². The van der Waals surface area contributed by atoms with Crippen LogP contribution in [-0.2, 0) is 4.79 Å². The van der Waals surface area contributed by atoms with Gasteiger partial charge in [0.15, 0.2) is 0 Å². The van der Waals surface area contributed by atoms with Gasteiger partial charge in [0, 0.05) is 25.7 Å². The Morgan fingerprint density at radius 3 is 2.57 bits per heavy atom. The van der Waals surface area contributed by atoms with Crippen molar-refractivity contribution >= 4 is 5.91 Å². The van der Waals surface area contributed by atoms with E-state index >= 15 is 0 Å². The van der Waals surface area contributed by atoms with E-state index < -0.39 is 0 Å². The summed E-state index contributed by atoms with van der Waals surface area (Å²) in [5.74, 6) is 0.246. The Morgan fingerprint density at radius 2 is 2.07 bits per heavy atom. The number of rotatable bonds is 2. The molecule has 1 saturated heterocycles. The zero-order valence-corrected chi connectivity index (χ0v) is 9.66. The lowest BCUT2D eigenvalue weighted by atomic mass is 10.2. The van der Waals surface area contributed by atoms with Gasteiger partial charge in [0.05, 0.1) is 6.54 Å². The first-order chi connectivity index (χ1) is 6.50. The van der Waals surface area contributed by atoms with E-state index in [-0.39, 0.29) is 5.91 Å². The highest BCUT2D eigenvalue weighted by molar-refractivity contribution is 5.78. The monoisotopic (exact) mass is 199 g/mol. The standard InChI is InChI=1S/C10H21N3O/c1-9-7-12(4)5-6-13(9)10(14)8-11(2)3/h9H,5-8H2,1-4H3. The lowest BCUT2D eigenvalue weighted by Crippen LogP contribution is -2.54.